The van der Waals surface area contributed by atoms with Crippen LogP contribution in [0.3, 0.4) is 0 Å². The van der Waals surface area contributed by atoms with Gasteiger partial charge >= 0.3 is 24.0 Å². The van der Waals surface area contributed by atoms with Crippen molar-refractivity contribution in [1.29, 1.82) is 0 Å². The zero-order valence-electron chi connectivity index (χ0n) is 9.51. The van der Waals surface area contributed by atoms with Crippen molar-refractivity contribution in [1.82, 2.24) is 0 Å². The van der Waals surface area contributed by atoms with Crippen LogP contribution in [-0.2, 0) is 4.74 Å². The molecule has 0 amide bonds. The van der Waals surface area contributed by atoms with E-state index in [1.165, 1.54) is 0 Å². The van der Waals surface area contributed by atoms with E-state index in [2.05, 4.69) is 4.74 Å². The average Bonchev–Trinajstić information content (AvgIpc) is 2.65. The Kier molecular flexibility index (Phi) is 4.41. The maximum absolute atomic E-state index is 11.2. The molecule has 0 bridgehead atoms. The fraction of sp³-hybridized carbons (Fsp3) is 0.273. The zero-order valence-corrected chi connectivity index (χ0v) is 9.51. The Bertz CT molecular complexity index is 490. The summed E-state index contributed by atoms with van der Waals surface area (Å²) >= 11 is 0. The van der Waals surface area contributed by atoms with E-state index in [0.717, 1.165) is 0 Å². The molecule has 0 unspecified atom stereocenters. The van der Waals surface area contributed by atoms with E-state index < -0.39 is 30.7 Å². The summed E-state index contributed by atoms with van der Waals surface area (Å²) in [5.74, 6) is -6.29. The topological polar surface area (TPSA) is 43.4 Å². The molecule has 1 aliphatic rings. The fourth-order valence-electron chi connectivity index (χ4n) is 1.11. The summed E-state index contributed by atoms with van der Waals surface area (Å²) in [6.45, 7) is -2.70. The molecule has 0 saturated carbocycles. The first kappa shape index (κ1) is 16.0. The van der Waals surface area contributed by atoms with Gasteiger partial charge in [-0.15, -0.1) is 0 Å². The van der Waals surface area contributed by atoms with Crippen molar-refractivity contribution in [3.05, 3.63) is 35.4 Å². The second-order valence-electron chi connectivity index (χ2n) is 3.56. The number of carbonyl (C=O) groups excluding carboxylic acids is 2. The molecule has 0 spiro atoms. The number of hydrogen-bond acceptors (Lipinski definition) is 3. The van der Waals surface area contributed by atoms with Crippen molar-refractivity contribution in [2.75, 3.05) is 6.67 Å². The summed E-state index contributed by atoms with van der Waals surface area (Å²) in [5, 5.41) is 0. The lowest BCUT2D eigenvalue weighted by Gasteiger charge is -2.14. The lowest BCUT2D eigenvalue weighted by atomic mass is 10.1. The highest BCUT2D eigenvalue weighted by atomic mass is 19.4. The number of halogens is 6. The van der Waals surface area contributed by atoms with E-state index in [-0.39, 0.29) is 0 Å². The molecule has 1 aromatic carbocycles. The number of hydrogen-bond donors (Lipinski definition) is 0. The van der Waals surface area contributed by atoms with Gasteiger partial charge in [0.05, 0.1) is 11.1 Å². The number of cyclic esters (lactones) is 2. The van der Waals surface area contributed by atoms with Gasteiger partial charge in [0.2, 0.25) is 0 Å². The van der Waals surface area contributed by atoms with Crippen LogP contribution in [0.1, 0.15) is 20.7 Å². The van der Waals surface area contributed by atoms with Crippen LogP contribution in [0, 0.1) is 0 Å². The summed E-state index contributed by atoms with van der Waals surface area (Å²) in [5.41, 5.74) is 0.718. The highest BCUT2D eigenvalue weighted by Gasteiger charge is 2.57. The highest BCUT2D eigenvalue weighted by molar-refractivity contribution is 6.14. The fourth-order valence-corrected chi connectivity index (χ4v) is 1.11. The molecule has 0 aromatic heterocycles. The zero-order chi connectivity index (χ0) is 15.6. The molecule has 1 heterocycles. The van der Waals surface area contributed by atoms with Crippen LogP contribution in [0.5, 0.6) is 0 Å². The van der Waals surface area contributed by atoms with Crippen LogP contribution in [-0.4, -0.2) is 30.7 Å². The van der Waals surface area contributed by atoms with Crippen LogP contribution in [0.2, 0.25) is 0 Å². The van der Waals surface area contributed by atoms with E-state index >= 15 is 0 Å². The van der Waals surface area contributed by atoms with Crippen molar-refractivity contribution in [2.24, 2.45) is 0 Å². The van der Waals surface area contributed by atoms with E-state index in [9.17, 15) is 35.9 Å². The third-order valence-electron chi connectivity index (χ3n) is 2.13. The maximum Gasteiger partial charge on any atom is 0.456 e. The van der Waals surface area contributed by atoms with Crippen molar-refractivity contribution in [3.63, 3.8) is 0 Å². The number of rotatable bonds is 1. The molecular weight excluding hydrogens is 294 g/mol. The number of carbonyl (C=O) groups is 2. The van der Waals surface area contributed by atoms with Crippen LogP contribution < -0.4 is 0 Å². The SMILES string of the molecule is FCC(F)(F)C(F)(F)F.O=C1OC(=O)c2ccccc21. The Morgan fingerprint density at radius 2 is 1.30 bits per heavy atom. The number of esters is 2. The first-order chi connectivity index (χ1) is 9.10. The van der Waals surface area contributed by atoms with Crippen molar-refractivity contribution in [2.45, 2.75) is 12.1 Å². The molecule has 110 valence electrons. The van der Waals surface area contributed by atoms with Crippen LogP contribution >= 0.6 is 0 Å². The van der Waals surface area contributed by atoms with Gasteiger partial charge in [0.1, 0.15) is 0 Å². The van der Waals surface area contributed by atoms with Crippen molar-refractivity contribution >= 4 is 11.9 Å². The van der Waals surface area contributed by atoms with Gasteiger partial charge in [-0.1, -0.05) is 12.1 Å². The van der Waals surface area contributed by atoms with Gasteiger partial charge in [-0.2, -0.15) is 22.0 Å². The van der Waals surface area contributed by atoms with Crippen molar-refractivity contribution < 1.29 is 40.7 Å². The first-order valence-corrected chi connectivity index (χ1v) is 4.96. The van der Waals surface area contributed by atoms with Crippen molar-refractivity contribution in [3.8, 4) is 0 Å². The first-order valence-electron chi connectivity index (χ1n) is 4.96. The molecule has 20 heavy (non-hydrogen) atoms. The average molecular weight is 300 g/mol. The molecule has 0 aliphatic carbocycles. The number of benzene rings is 1. The molecule has 0 N–H and O–H groups in total. The third kappa shape index (κ3) is 3.28. The van der Waals surface area contributed by atoms with Gasteiger partial charge in [0.15, 0.2) is 6.67 Å². The normalized spacial score (nSPS) is 14.3. The van der Waals surface area contributed by atoms with E-state index in [1.807, 2.05) is 0 Å². The Morgan fingerprint density at radius 3 is 1.55 bits per heavy atom. The second-order valence-corrected chi connectivity index (χ2v) is 3.56. The van der Waals surface area contributed by atoms with Crippen LogP contribution in [0.25, 0.3) is 0 Å². The minimum absolute atomic E-state index is 0.359. The summed E-state index contributed by atoms with van der Waals surface area (Å²) in [7, 11) is 0. The number of ether oxygens (including phenoxy) is 1. The minimum atomic E-state index is -5.76. The molecular formula is C11H6F6O3. The van der Waals surface area contributed by atoms with Gasteiger partial charge in [-0.3, -0.25) is 0 Å². The molecule has 3 nitrogen and oxygen atoms in total. The number of alkyl halides is 6. The van der Waals surface area contributed by atoms with E-state index in [4.69, 9.17) is 0 Å². The largest absolute Gasteiger partial charge is 0.456 e. The Hall–Kier alpha value is -2.06. The highest BCUT2D eigenvalue weighted by Crippen LogP contribution is 2.35. The van der Waals surface area contributed by atoms with Gasteiger partial charge < -0.3 is 4.74 Å². The summed E-state index contributed by atoms with van der Waals surface area (Å²) in [6.07, 6.45) is -5.76. The smallest absolute Gasteiger partial charge is 0.386 e. The number of fused-ring (bicyclic) bond motifs is 1. The molecule has 0 saturated heterocycles. The lowest BCUT2D eigenvalue weighted by Crippen LogP contribution is -2.38. The summed E-state index contributed by atoms with van der Waals surface area (Å²) < 4.78 is 70.0. The molecule has 1 aliphatic heterocycles. The van der Waals surface area contributed by atoms with Gasteiger partial charge in [-0.05, 0) is 12.1 Å². The minimum Gasteiger partial charge on any atom is -0.386 e. The third-order valence-corrected chi connectivity index (χ3v) is 2.13. The Morgan fingerprint density at radius 1 is 0.900 bits per heavy atom. The second kappa shape index (κ2) is 5.51. The Balaban J connectivity index is 0.000000206. The summed E-state index contributed by atoms with van der Waals surface area (Å²) in [4.78, 5) is 21.7. The molecule has 0 atom stereocenters. The van der Waals surface area contributed by atoms with Gasteiger partial charge in [0, 0.05) is 0 Å². The molecule has 9 heteroatoms. The van der Waals surface area contributed by atoms with Crippen LogP contribution in [0.15, 0.2) is 24.3 Å². The standard InChI is InChI=1S/C8H4O3.C3H2F6/c9-7-5-3-1-2-4-6(5)8(10)11-7;4-1-2(5,6)3(7,8)9/h1-4H;1H2. The predicted molar refractivity (Wildman–Crippen MR) is 53.2 cm³/mol. The van der Waals surface area contributed by atoms with E-state index in [0.29, 0.717) is 11.1 Å². The molecule has 0 radical (unpaired) electrons. The van der Waals surface area contributed by atoms with Crippen LogP contribution in [0.4, 0.5) is 26.3 Å². The maximum atomic E-state index is 11.2. The molecule has 1 aromatic rings. The van der Waals surface area contributed by atoms with Gasteiger partial charge in [-0.25, -0.2) is 14.0 Å². The molecule has 2 rings (SSSR count). The summed E-state index contributed by atoms with van der Waals surface area (Å²) in [6, 6.07) is 6.53. The monoisotopic (exact) mass is 300 g/mol. The van der Waals surface area contributed by atoms with Gasteiger partial charge in [0.25, 0.3) is 0 Å². The quantitative estimate of drug-likeness (QED) is 0.454. The Labute approximate surface area is 108 Å². The molecule has 0 fully saturated rings. The lowest BCUT2D eigenvalue weighted by molar-refractivity contribution is -0.286. The predicted octanol–water partition coefficient (Wildman–Crippen LogP) is 3.15. The van der Waals surface area contributed by atoms with E-state index in [1.54, 1.807) is 24.3 Å².